The van der Waals surface area contributed by atoms with Gasteiger partial charge in [-0.05, 0) is 54.7 Å². The summed E-state index contributed by atoms with van der Waals surface area (Å²) in [6, 6.07) is 12.8. The number of carbonyl (C=O) groups is 1. The molecule has 0 aliphatic rings. The fraction of sp³-hybridized carbons (Fsp3) is 0.350. The van der Waals surface area contributed by atoms with E-state index in [-0.39, 0.29) is 17.8 Å². The van der Waals surface area contributed by atoms with Gasteiger partial charge in [0.25, 0.3) is 0 Å². The number of thioether (sulfide) groups is 1. The van der Waals surface area contributed by atoms with Gasteiger partial charge in [0.05, 0.1) is 11.8 Å². The summed E-state index contributed by atoms with van der Waals surface area (Å²) < 4.78 is 12.9. The summed E-state index contributed by atoms with van der Waals surface area (Å²) in [7, 11) is 0. The monoisotopic (exact) mass is 345 g/mol. The summed E-state index contributed by atoms with van der Waals surface area (Å²) in [4.78, 5) is 12.2. The molecule has 0 spiro atoms. The van der Waals surface area contributed by atoms with Gasteiger partial charge in [-0.15, -0.1) is 11.8 Å². The van der Waals surface area contributed by atoms with E-state index in [0.29, 0.717) is 11.5 Å². The number of hydrogen-bond donors (Lipinski definition) is 1. The zero-order chi connectivity index (χ0) is 17.5. The second kappa shape index (κ2) is 8.88. The molecule has 2 aromatic rings. The fourth-order valence-electron chi connectivity index (χ4n) is 2.48. The summed E-state index contributed by atoms with van der Waals surface area (Å²) in [5, 5.41) is 3.11. The van der Waals surface area contributed by atoms with Crippen molar-refractivity contribution >= 4 is 17.7 Å². The first-order valence-electron chi connectivity index (χ1n) is 8.18. The molecule has 2 aromatic carbocycles. The van der Waals surface area contributed by atoms with Crippen molar-refractivity contribution in [3.8, 4) is 0 Å². The van der Waals surface area contributed by atoms with E-state index in [9.17, 15) is 9.18 Å². The minimum Gasteiger partial charge on any atom is -0.349 e. The summed E-state index contributed by atoms with van der Waals surface area (Å²) in [5.41, 5.74) is 4.67. The third-order valence-electron chi connectivity index (χ3n) is 4.09. The molecule has 128 valence electrons. The van der Waals surface area contributed by atoms with Crippen molar-refractivity contribution in [1.29, 1.82) is 0 Å². The number of aryl methyl sites for hydroxylation is 2. The zero-order valence-corrected chi connectivity index (χ0v) is 15.3. The minimum atomic E-state index is -0.235. The largest absolute Gasteiger partial charge is 0.349 e. The van der Waals surface area contributed by atoms with Crippen LogP contribution in [-0.2, 0) is 10.5 Å². The van der Waals surface area contributed by atoms with Gasteiger partial charge >= 0.3 is 0 Å². The van der Waals surface area contributed by atoms with E-state index in [1.54, 1.807) is 12.1 Å². The van der Waals surface area contributed by atoms with Gasteiger partial charge < -0.3 is 5.32 Å². The second-order valence-corrected chi connectivity index (χ2v) is 6.98. The molecule has 0 aromatic heterocycles. The third kappa shape index (κ3) is 5.38. The maximum absolute atomic E-state index is 12.9. The molecule has 4 heteroatoms. The molecule has 24 heavy (non-hydrogen) atoms. The van der Waals surface area contributed by atoms with Gasteiger partial charge in [-0.1, -0.05) is 37.3 Å². The molecule has 0 saturated heterocycles. The highest BCUT2D eigenvalue weighted by atomic mass is 32.2. The summed E-state index contributed by atoms with van der Waals surface area (Å²) in [6.07, 6.45) is 0.858. The van der Waals surface area contributed by atoms with E-state index in [1.165, 1.54) is 35.0 Å². The lowest BCUT2D eigenvalue weighted by Gasteiger charge is -2.18. The number of amides is 1. The molecule has 0 radical (unpaired) electrons. The first-order chi connectivity index (χ1) is 11.5. The molecule has 1 N–H and O–H groups in total. The van der Waals surface area contributed by atoms with Gasteiger partial charge in [0.15, 0.2) is 0 Å². The SMILES string of the molecule is CC[C@H](NC(=O)CSCc1ccc(F)cc1)c1ccc(C)c(C)c1. The van der Waals surface area contributed by atoms with Crippen LogP contribution >= 0.6 is 11.8 Å². The van der Waals surface area contributed by atoms with Crippen LogP contribution in [0.2, 0.25) is 0 Å². The molecule has 0 aliphatic heterocycles. The maximum atomic E-state index is 12.9. The lowest BCUT2D eigenvalue weighted by atomic mass is 9.99. The molecule has 2 nitrogen and oxygen atoms in total. The van der Waals surface area contributed by atoms with Gasteiger partial charge in [0.2, 0.25) is 5.91 Å². The lowest BCUT2D eigenvalue weighted by Crippen LogP contribution is -2.29. The molecule has 2 rings (SSSR count). The number of nitrogens with one attached hydrogen (secondary N) is 1. The van der Waals surface area contributed by atoms with Crippen molar-refractivity contribution in [3.63, 3.8) is 0 Å². The predicted octanol–water partition coefficient (Wildman–Crippen LogP) is 4.94. The predicted molar refractivity (Wildman–Crippen MR) is 99.7 cm³/mol. The number of hydrogen-bond acceptors (Lipinski definition) is 2. The number of rotatable bonds is 7. The number of carbonyl (C=O) groups excluding carboxylic acids is 1. The average molecular weight is 345 g/mol. The standard InChI is InChI=1S/C20H24FNOS/c1-4-19(17-8-5-14(2)15(3)11-17)22-20(23)13-24-12-16-6-9-18(21)10-7-16/h5-11,19H,4,12-13H2,1-3H3,(H,22,23)/t19-/m0/s1. The Morgan fingerprint density at radius 1 is 1.12 bits per heavy atom. The van der Waals surface area contributed by atoms with Crippen LogP contribution in [0.15, 0.2) is 42.5 Å². The van der Waals surface area contributed by atoms with Gasteiger partial charge in [0, 0.05) is 5.75 Å². The topological polar surface area (TPSA) is 29.1 Å². The zero-order valence-electron chi connectivity index (χ0n) is 14.4. The lowest BCUT2D eigenvalue weighted by molar-refractivity contribution is -0.119. The summed E-state index contributed by atoms with van der Waals surface area (Å²) in [6.45, 7) is 6.25. The van der Waals surface area contributed by atoms with Crippen LogP contribution in [0.1, 0.15) is 41.6 Å². The number of halogens is 1. The van der Waals surface area contributed by atoms with Crippen LogP contribution < -0.4 is 5.32 Å². The van der Waals surface area contributed by atoms with E-state index in [4.69, 9.17) is 0 Å². The molecule has 1 atom stereocenters. The molecule has 1 amide bonds. The quantitative estimate of drug-likeness (QED) is 0.770. The Bertz CT molecular complexity index is 685. The Kier molecular flexibility index (Phi) is 6.85. The summed E-state index contributed by atoms with van der Waals surface area (Å²) >= 11 is 1.54. The van der Waals surface area contributed by atoms with Crippen LogP contribution in [0, 0.1) is 19.7 Å². The fourth-order valence-corrected chi connectivity index (χ4v) is 3.28. The molecule has 0 fully saturated rings. The van der Waals surface area contributed by atoms with Gasteiger partial charge in [-0.3, -0.25) is 4.79 Å². The van der Waals surface area contributed by atoms with Crippen molar-refractivity contribution in [1.82, 2.24) is 5.32 Å². The molecule has 0 aliphatic carbocycles. The normalized spacial score (nSPS) is 12.0. The van der Waals surface area contributed by atoms with Crippen molar-refractivity contribution in [2.24, 2.45) is 0 Å². The first kappa shape index (κ1) is 18.5. The van der Waals surface area contributed by atoms with Crippen LogP contribution in [0.25, 0.3) is 0 Å². The third-order valence-corrected chi connectivity index (χ3v) is 5.10. The van der Waals surface area contributed by atoms with E-state index in [1.807, 2.05) is 0 Å². The molecular formula is C20H24FNOS. The Morgan fingerprint density at radius 2 is 1.83 bits per heavy atom. The second-order valence-electron chi connectivity index (χ2n) is 5.99. The Hall–Kier alpha value is -1.81. The molecule has 0 unspecified atom stereocenters. The Morgan fingerprint density at radius 3 is 2.46 bits per heavy atom. The number of benzene rings is 2. The molecule has 0 bridgehead atoms. The minimum absolute atomic E-state index is 0.0344. The van der Waals surface area contributed by atoms with Crippen LogP contribution in [0.4, 0.5) is 4.39 Å². The molecular weight excluding hydrogens is 321 g/mol. The van der Waals surface area contributed by atoms with Gasteiger partial charge in [0.1, 0.15) is 5.82 Å². The highest BCUT2D eigenvalue weighted by Gasteiger charge is 2.13. The Balaban J connectivity index is 1.85. The van der Waals surface area contributed by atoms with E-state index in [0.717, 1.165) is 17.5 Å². The van der Waals surface area contributed by atoms with Crippen molar-refractivity contribution in [2.45, 2.75) is 39.0 Å². The summed E-state index contributed by atoms with van der Waals surface area (Å²) in [5.74, 6) is 0.903. The van der Waals surface area contributed by atoms with Crippen LogP contribution in [-0.4, -0.2) is 11.7 Å². The van der Waals surface area contributed by atoms with Gasteiger partial charge in [-0.2, -0.15) is 0 Å². The first-order valence-corrected chi connectivity index (χ1v) is 9.33. The van der Waals surface area contributed by atoms with Crippen molar-refractivity contribution in [2.75, 3.05) is 5.75 Å². The maximum Gasteiger partial charge on any atom is 0.230 e. The van der Waals surface area contributed by atoms with E-state index < -0.39 is 0 Å². The van der Waals surface area contributed by atoms with E-state index >= 15 is 0 Å². The van der Waals surface area contributed by atoms with Gasteiger partial charge in [-0.25, -0.2) is 4.39 Å². The average Bonchev–Trinajstić information content (AvgIpc) is 2.57. The van der Waals surface area contributed by atoms with Crippen LogP contribution in [0.5, 0.6) is 0 Å². The van der Waals surface area contributed by atoms with Crippen molar-refractivity contribution < 1.29 is 9.18 Å². The van der Waals surface area contributed by atoms with E-state index in [2.05, 4.69) is 44.3 Å². The smallest absolute Gasteiger partial charge is 0.230 e. The Labute approximate surface area is 147 Å². The molecule has 0 heterocycles. The highest BCUT2D eigenvalue weighted by Crippen LogP contribution is 2.20. The van der Waals surface area contributed by atoms with Crippen LogP contribution in [0.3, 0.4) is 0 Å². The molecule has 0 saturated carbocycles. The highest BCUT2D eigenvalue weighted by molar-refractivity contribution is 7.99. The van der Waals surface area contributed by atoms with Crippen molar-refractivity contribution in [3.05, 3.63) is 70.5 Å².